The normalized spacial score (nSPS) is 26.6. The number of hydrogen-bond acceptors (Lipinski definition) is 3. The lowest BCUT2D eigenvalue weighted by atomic mass is 9.88. The number of hydrogen-bond donors (Lipinski definition) is 1. The number of thioether (sulfide) groups is 1. The lowest BCUT2D eigenvalue weighted by Crippen LogP contribution is -2.50. The molecule has 1 aliphatic rings. The molecular formula is C13H27NOS. The molecule has 1 rings (SSSR count). The molecule has 3 heteroatoms. The maximum atomic E-state index is 5.92. The number of ether oxygens (including phenoxy) is 1. The maximum absolute atomic E-state index is 5.92. The van der Waals surface area contributed by atoms with Crippen molar-refractivity contribution in [2.24, 2.45) is 0 Å². The Morgan fingerprint density at radius 3 is 2.19 bits per heavy atom. The van der Waals surface area contributed by atoms with E-state index in [2.05, 4.69) is 46.2 Å². The highest BCUT2D eigenvalue weighted by atomic mass is 32.2. The lowest BCUT2D eigenvalue weighted by molar-refractivity contribution is -0.102. The highest BCUT2D eigenvalue weighted by Crippen LogP contribution is 2.28. The Morgan fingerprint density at radius 2 is 1.75 bits per heavy atom. The molecular weight excluding hydrogens is 218 g/mol. The van der Waals surface area contributed by atoms with Crippen LogP contribution >= 0.6 is 11.8 Å². The van der Waals surface area contributed by atoms with E-state index in [1.54, 1.807) is 0 Å². The van der Waals surface area contributed by atoms with E-state index >= 15 is 0 Å². The van der Waals surface area contributed by atoms with Crippen molar-refractivity contribution < 1.29 is 4.74 Å². The van der Waals surface area contributed by atoms with Gasteiger partial charge in [-0.3, -0.25) is 0 Å². The molecule has 0 saturated heterocycles. The SMILES string of the molecule is CSC(C)(C)CNC1CC(OC(C)(C)C)C1. The standard InChI is InChI=1S/C13H27NOS/c1-12(2,3)15-11-7-10(8-11)14-9-13(4,5)16-6/h10-11,14H,7-9H2,1-6H3. The fourth-order valence-corrected chi connectivity index (χ4v) is 2.02. The van der Waals surface area contributed by atoms with E-state index in [0.717, 1.165) is 6.54 Å². The average Bonchev–Trinajstić information content (AvgIpc) is 2.07. The Morgan fingerprint density at radius 1 is 1.19 bits per heavy atom. The molecule has 1 saturated carbocycles. The van der Waals surface area contributed by atoms with Gasteiger partial charge in [-0.25, -0.2) is 0 Å². The van der Waals surface area contributed by atoms with Gasteiger partial charge in [-0.1, -0.05) is 0 Å². The van der Waals surface area contributed by atoms with Gasteiger partial charge in [0.05, 0.1) is 11.7 Å². The summed E-state index contributed by atoms with van der Waals surface area (Å²) in [6.45, 7) is 12.0. The zero-order valence-electron chi connectivity index (χ0n) is 11.6. The van der Waals surface area contributed by atoms with Crippen LogP contribution in [0.15, 0.2) is 0 Å². The molecule has 0 heterocycles. The fraction of sp³-hybridized carbons (Fsp3) is 1.00. The summed E-state index contributed by atoms with van der Waals surface area (Å²) < 4.78 is 6.26. The molecule has 16 heavy (non-hydrogen) atoms. The smallest absolute Gasteiger partial charge is 0.0612 e. The van der Waals surface area contributed by atoms with Gasteiger partial charge in [-0.05, 0) is 53.7 Å². The van der Waals surface area contributed by atoms with Crippen LogP contribution in [0.1, 0.15) is 47.5 Å². The van der Waals surface area contributed by atoms with Crippen molar-refractivity contribution in [2.45, 2.75) is 70.0 Å². The first-order chi connectivity index (χ1) is 7.22. The maximum Gasteiger partial charge on any atom is 0.0612 e. The summed E-state index contributed by atoms with van der Waals surface area (Å²) in [6, 6.07) is 0.666. The van der Waals surface area contributed by atoms with E-state index in [9.17, 15) is 0 Å². The minimum atomic E-state index is 0.00811. The highest BCUT2D eigenvalue weighted by Gasteiger charge is 2.33. The van der Waals surface area contributed by atoms with Crippen LogP contribution in [-0.2, 0) is 4.74 Å². The quantitative estimate of drug-likeness (QED) is 0.804. The van der Waals surface area contributed by atoms with E-state index < -0.39 is 0 Å². The summed E-state index contributed by atoms with van der Waals surface area (Å²) in [5.74, 6) is 0. The van der Waals surface area contributed by atoms with Gasteiger partial charge in [0.1, 0.15) is 0 Å². The highest BCUT2D eigenvalue weighted by molar-refractivity contribution is 7.99. The van der Waals surface area contributed by atoms with Gasteiger partial charge in [-0.2, -0.15) is 11.8 Å². The minimum absolute atomic E-state index is 0.00811. The summed E-state index contributed by atoms with van der Waals surface area (Å²) in [5, 5.41) is 3.63. The van der Waals surface area contributed by atoms with Crippen molar-refractivity contribution in [3.63, 3.8) is 0 Å². The molecule has 0 aromatic carbocycles. The van der Waals surface area contributed by atoms with Gasteiger partial charge >= 0.3 is 0 Å². The molecule has 2 nitrogen and oxygen atoms in total. The minimum Gasteiger partial charge on any atom is -0.373 e. The van der Waals surface area contributed by atoms with Crippen LogP contribution in [-0.4, -0.2) is 35.3 Å². The van der Waals surface area contributed by atoms with Crippen LogP contribution in [0.25, 0.3) is 0 Å². The summed E-state index contributed by atoms with van der Waals surface area (Å²) in [5.41, 5.74) is 0.00811. The third kappa shape index (κ3) is 5.07. The van der Waals surface area contributed by atoms with E-state index in [1.165, 1.54) is 12.8 Å². The van der Waals surface area contributed by atoms with Gasteiger partial charge in [0.25, 0.3) is 0 Å². The van der Waals surface area contributed by atoms with E-state index in [1.807, 2.05) is 11.8 Å². The molecule has 0 aromatic heterocycles. The van der Waals surface area contributed by atoms with Crippen LogP contribution < -0.4 is 5.32 Å². The second-order valence-corrected chi connectivity index (χ2v) is 7.88. The third-order valence-electron chi connectivity index (χ3n) is 2.98. The summed E-state index contributed by atoms with van der Waals surface area (Å²) in [7, 11) is 0. The van der Waals surface area contributed by atoms with Gasteiger partial charge in [0.15, 0.2) is 0 Å². The van der Waals surface area contributed by atoms with Crippen molar-refractivity contribution in [3.8, 4) is 0 Å². The predicted octanol–water partition coefficient (Wildman–Crippen LogP) is 3.06. The zero-order chi connectivity index (χ0) is 12.4. The fourth-order valence-electron chi connectivity index (χ4n) is 1.79. The van der Waals surface area contributed by atoms with Crippen LogP contribution in [0.2, 0.25) is 0 Å². The van der Waals surface area contributed by atoms with E-state index in [-0.39, 0.29) is 5.60 Å². The molecule has 0 aromatic rings. The molecule has 0 radical (unpaired) electrons. The van der Waals surface area contributed by atoms with Crippen molar-refractivity contribution >= 4 is 11.8 Å². The Kier molecular flexibility index (Phi) is 4.73. The first kappa shape index (κ1) is 14.3. The Balaban J connectivity index is 2.13. The van der Waals surface area contributed by atoms with Crippen LogP contribution in [0.5, 0.6) is 0 Å². The first-order valence-electron chi connectivity index (χ1n) is 6.18. The first-order valence-corrected chi connectivity index (χ1v) is 7.41. The molecule has 1 aliphatic carbocycles. The topological polar surface area (TPSA) is 21.3 Å². The monoisotopic (exact) mass is 245 g/mol. The average molecular weight is 245 g/mol. The molecule has 1 fully saturated rings. The van der Waals surface area contributed by atoms with Crippen LogP contribution in [0.3, 0.4) is 0 Å². The zero-order valence-corrected chi connectivity index (χ0v) is 12.4. The second kappa shape index (κ2) is 5.28. The van der Waals surface area contributed by atoms with Gasteiger partial charge in [-0.15, -0.1) is 0 Å². The summed E-state index contributed by atoms with van der Waals surface area (Å²) in [6.07, 6.45) is 4.98. The Bertz CT molecular complexity index is 216. The van der Waals surface area contributed by atoms with Crippen molar-refractivity contribution in [2.75, 3.05) is 12.8 Å². The van der Waals surface area contributed by atoms with Crippen molar-refractivity contribution in [3.05, 3.63) is 0 Å². The van der Waals surface area contributed by atoms with Crippen molar-refractivity contribution in [1.82, 2.24) is 5.32 Å². The molecule has 0 spiro atoms. The van der Waals surface area contributed by atoms with Crippen molar-refractivity contribution in [1.29, 1.82) is 0 Å². The molecule has 0 bridgehead atoms. The van der Waals surface area contributed by atoms with Gasteiger partial charge in [0.2, 0.25) is 0 Å². The predicted molar refractivity (Wildman–Crippen MR) is 73.2 cm³/mol. The molecule has 96 valence electrons. The van der Waals surface area contributed by atoms with E-state index in [0.29, 0.717) is 16.9 Å². The Hall–Kier alpha value is 0.270. The summed E-state index contributed by atoms with van der Waals surface area (Å²) in [4.78, 5) is 0. The molecule has 0 amide bonds. The lowest BCUT2D eigenvalue weighted by Gasteiger charge is -2.41. The molecule has 1 N–H and O–H groups in total. The Labute approximate surface area is 105 Å². The molecule has 0 aliphatic heterocycles. The third-order valence-corrected chi connectivity index (χ3v) is 4.23. The largest absolute Gasteiger partial charge is 0.373 e. The summed E-state index contributed by atoms with van der Waals surface area (Å²) >= 11 is 1.92. The van der Waals surface area contributed by atoms with Crippen LogP contribution in [0, 0.1) is 0 Å². The number of rotatable bonds is 5. The molecule has 0 atom stereocenters. The molecule has 0 unspecified atom stereocenters. The van der Waals surface area contributed by atoms with Gasteiger partial charge in [0, 0.05) is 17.3 Å². The van der Waals surface area contributed by atoms with E-state index in [4.69, 9.17) is 4.74 Å². The van der Waals surface area contributed by atoms with Crippen LogP contribution in [0.4, 0.5) is 0 Å². The number of nitrogens with one attached hydrogen (secondary N) is 1. The van der Waals surface area contributed by atoms with Gasteiger partial charge < -0.3 is 10.1 Å². The second-order valence-electron chi connectivity index (χ2n) is 6.37.